The van der Waals surface area contributed by atoms with Crippen molar-refractivity contribution >= 4 is 22.9 Å². The molecule has 3 heteroatoms. The summed E-state index contributed by atoms with van der Waals surface area (Å²) in [5.41, 5.74) is 6.35. The number of halogens is 1. The van der Waals surface area contributed by atoms with Crippen LogP contribution in [0.5, 0.6) is 0 Å². The molecule has 4 unspecified atom stereocenters. The Hall–Kier alpha value is -0.0500. The highest BCUT2D eigenvalue weighted by molar-refractivity contribution is 7.10. The summed E-state index contributed by atoms with van der Waals surface area (Å²) < 4.78 is 0. The van der Waals surface area contributed by atoms with Crippen LogP contribution in [0.4, 0.5) is 0 Å². The Bertz CT molecular complexity index is 349. The van der Waals surface area contributed by atoms with Gasteiger partial charge in [-0.05, 0) is 42.0 Å². The second kappa shape index (κ2) is 5.07. The van der Waals surface area contributed by atoms with E-state index in [4.69, 9.17) is 17.3 Å². The molecule has 1 saturated carbocycles. The lowest BCUT2D eigenvalue weighted by Gasteiger charge is -2.35. The smallest absolute Gasteiger partial charge is 0.0561 e. The van der Waals surface area contributed by atoms with Gasteiger partial charge in [-0.15, -0.1) is 11.3 Å². The predicted molar refractivity (Wildman–Crippen MR) is 71.9 cm³/mol. The van der Waals surface area contributed by atoms with Crippen LogP contribution in [0, 0.1) is 17.8 Å². The minimum Gasteiger partial charge on any atom is -0.323 e. The molecule has 1 aliphatic rings. The van der Waals surface area contributed by atoms with Crippen molar-refractivity contribution in [2.24, 2.45) is 23.5 Å². The first-order valence-electron chi connectivity index (χ1n) is 6.08. The van der Waals surface area contributed by atoms with Crippen molar-refractivity contribution in [3.8, 4) is 0 Å². The summed E-state index contributed by atoms with van der Waals surface area (Å²) in [6.07, 6.45) is 3.81. The molecule has 1 fully saturated rings. The molecule has 0 aliphatic heterocycles. The Morgan fingerprint density at radius 2 is 2.12 bits per heavy atom. The topological polar surface area (TPSA) is 26.0 Å². The van der Waals surface area contributed by atoms with Crippen molar-refractivity contribution in [2.75, 3.05) is 0 Å². The van der Waals surface area contributed by atoms with Gasteiger partial charge in [0.25, 0.3) is 0 Å². The van der Waals surface area contributed by atoms with Gasteiger partial charge in [0.05, 0.1) is 5.02 Å². The summed E-state index contributed by atoms with van der Waals surface area (Å²) in [4.78, 5) is 1.17. The molecular formula is C13H20ClNS. The number of thiophene rings is 1. The van der Waals surface area contributed by atoms with Crippen LogP contribution in [-0.2, 0) is 0 Å². The van der Waals surface area contributed by atoms with E-state index in [9.17, 15) is 0 Å². The van der Waals surface area contributed by atoms with Gasteiger partial charge in [0.15, 0.2) is 0 Å². The minimum absolute atomic E-state index is 0.141. The van der Waals surface area contributed by atoms with Crippen LogP contribution in [-0.4, -0.2) is 0 Å². The maximum atomic E-state index is 6.35. The van der Waals surface area contributed by atoms with Crippen molar-refractivity contribution in [1.82, 2.24) is 0 Å². The normalized spacial score (nSPS) is 32.6. The van der Waals surface area contributed by atoms with Gasteiger partial charge in [-0.3, -0.25) is 0 Å². The molecule has 2 rings (SSSR count). The van der Waals surface area contributed by atoms with Crippen LogP contribution in [0.1, 0.15) is 44.0 Å². The standard InChI is InChI=1S/C13H20ClNS/c1-8-3-4-10(7-9(8)2)12(15)13-11(14)5-6-16-13/h5-6,8-10,12H,3-4,7,15H2,1-2H3. The van der Waals surface area contributed by atoms with E-state index in [1.165, 1.54) is 24.1 Å². The highest BCUT2D eigenvalue weighted by atomic mass is 35.5. The Morgan fingerprint density at radius 3 is 2.69 bits per heavy atom. The van der Waals surface area contributed by atoms with E-state index in [1.54, 1.807) is 11.3 Å². The zero-order valence-corrected chi connectivity index (χ0v) is 11.5. The summed E-state index contributed by atoms with van der Waals surface area (Å²) in [5, 5.41) is 2.88. The molecular weight excluding hydrogens is 238 g/mol. The lowest BCUT2D eigenvalue weighted by atomic mass is 9.73. The van der Waals surface area contributed by atoms with E-state index in [0.29, 0.717) is 5.92 Å². The average molecular weight is 258 g/mol. The van der Waals surface area contributed by atoms with Crippen molar-refractivity contribution in [2.45, 2.75) is 39.2 Å². The SMILES string of the molecule is CC1CCC(C(N)c2sccc2Cl)CC1C. The molecule has 1 nitrogen and oxygen atoms in total. The Labute approximate surface area is 107 Å². The van der Waals surface area contributed by atoms with Crippen LogP contribution in [0.25, 0.3) is 0 Å². The summed E-state index contributed by atoms with van der Waals surface area (Å²) in [5.74, 6) is 2.26. The maximum absolute atomic E-state index is 6.35. The number of hydrogen-bond donors (Lipinski definition) is 1. The van der Waals surface area contributed by atoms with Gasteiger partial charge >= 0.3 is 0 Å². The lowest BCUT2D eigenvalue weighted by molar-refractivity contribution is 0.187. The molecule has 1 aromatic heterocycles. The van der Waals surface area contributed by atoms with Gasteiger partial charge in [0.1, 0.15) is 0 Å². The van der Waals surface area contributed by atoms with E-state index in [2.05, 4.69) is 13.8 Å². The van der Waals surface area contributed by atoms with Crippen molar-refractivity contribution < 1.29 is 0 Å². The maximum Gasteiger partial charge on any atom is 0.0561 e. The third-order valence-corrected chi connectivity index (χ3v) is 5.55. The fourth-order valence-corrected chi connectivity index (χ4v) is 3.95. The minimum atomic E-state index is 0.141. The van der Waals surface area contributed by atoms with Crippen LogP contribution in [0.15, 0.2) is 11.4 Å². The average Bonchev–Trinajstić information content (AvgIpc) is 2.67. The van der Waals surface area contributed by atoms with Crippen molar-refractivity contribution in [3.63, 3.8) is 0 Å². The molecule has 2 N–H and O–H groups in total. The summed E-state index contributed by atoms with van der Waals surface area (Å²) in [6, 6.07) is 2.10. The molecule has 90 valence electrons. The largest absolute Gasteiger partial charge is 0.323 e. The zero-order valence-electron chi connectivity index (χ0n) is 9.95. The molecule has 0 aromatic carbocycles. The van der Waals surface area contributed by atoms with Gasteiger partial charge < -0.3 is 5.73 Å². The highest BCUT2D eigenvalue weighted by Gasteiger charge is 2.30. The third-order valence-electron chi connectivity index (χ3n) is 4.09. The molecule has 16 heavy (non-hydrogen) atoms. The van der Waals surface area contributed by atoms with Gasteiger partial charge in [-0.1, -0.05) is 31.9 Å². The second-order valence-electron chi connectivity index (χ2n) is 5.19. The van der Waals surface area contributed by atoms with Gasteiger partial charge in [0, 0.05) is 10.9 Å². The molecule has 0 bridgehead atoms. The number of hydrogen-bond acceptors (Lipinski definition) is 2. The van der Waals surface area contributed by atoms with Crippen LogP contribution in [0.2, 0.25) is 5.02 Å². The second-order valence-corrected chi connectivity index (χ2v) is 6.54. The molecule has 4 atom stereocenters. The van der Waals surface area contributed by atoms with Crippen molar-refractivity contribution in [1.29, 1.82) is 0 Å². The first-order chi connectivity index (χ1) is 7.59. The Morgan fingerprint density at radius 1 is 1.38 bits per heavy atom. The highest BCUT2D eigenvalue weighted by Crippen LogP contribution is 2.41. The van der Waals surface area contributed by atoms with Crippen molar-refractivity contribution in [3.05, 3.63) is 21.3 Å². The molecule has 1 aromatic rings. The van der Waals surface area contributed by atoms with Gasteiger partial charge in [-0.25, -0.2) is 0 Å². The van der Waals surface area contributed by atoms with E-state index >= 15 is 0 Å². The van der Waals surface area contributed by atoms with Gasteiger partial charge in [-0.2, -0.15) is 0 Å². The summed E-state index contributed by atoms with van der Waals surface area (Å²) in [6.45, 7) is 4.70. The molecule has 1 aliphatic carbocycles. The summed E-state index contributed by atoms with van der Waals surface area (Å²) in [7, 11) is 0. The zero-order chi connectivity index (χ0) is 11.7. The first-order valence-corrected chi connectivity index (χ1v) is 7.33. The Balaban J connectivity index is 2.06. The molecule has 0 spiro atoms. The molecule has 0 amide bonds. The van der Waals surface area contributed by atoms with E-state index < -0.39 is 0 Å². The Kier molecular flexibility index (Phi) is 3.93. The van der Waals surface area contributed by atoms with E-state index in [0.717, 1.165) is 16.9 Å². The van der Waals surface area contributed by atoms with Crippen LogP contribution < -0.4 is 5.73 Å². The molecule has 1 heterocycles. The molecule has 0 radical (unpaired) electrons. The quantitative estimate of drug-likeness (QED) is 0.831. The number of rotatable bonds is 2. The van der Waals surface area contributed by atoms with E-state index in [1.807, 2.05) is 11.4 Å². The molecule has 0 saturated heterocycles. The van der Waals surface area contributed by atoms with E-state index in [-0.39, 0.29) is 6.04 Å². The predicted octanol–water partition coefficient (Wildman–Crippen LogP) is 4.47. The van der Waals surface area contributed by atoms with Gasteiger partial charge in [0.2, 0.25) is 0 Å². The fraction of sp³-hybridized carbons (Fsp3) is 0.692. The lowest BCUT2D eigenvalue weighted by Crippen LogP contribution is -2.29. The monoisotopic (exact) mass is 257 g/mol. The number of nitrogens with two attached hydrogens (primary N) is 1. The van der Waals surface area contributed by atoms with Crippen LogP contribution >= 0.6 is 22.9 Å². The first kappa shape index (κ1) is 12.4. The van der Waals surface area contributed by atoms with Crippen LogP contribution in [0.3, 0.4) is 0 Å². The fourth-order valence-electron chi connectivity index (χ4n) is 2.67. The third kappa shape index (κ3) is 2.44. The summed E-state index contributed by atoms with van der Waals surface area (Å²) >= 11 is 7.85.